The van der Waals surface area contributed by atoms with Crippen LogP contribution in [0.1, 0.15) is 25.0 Å². The van der Waals surface area contributed by atoms with Gasteiger partial charge in [0.25, 0.3) is 0 Å². The Morgan fingerprint density at radius 2 is 1.62 bits per heavy atom. The molecule has 0 aliphatic carbocycles. The van der Waals surface area contributed by atoms with Gasteiger partial charge in [-0.15, -0.1) is 0 Å². The minimum absolute atomic E-state index is 0.0585. The first-order valence-electron chi connectivity index (χ1n) is 7.68. The molecule has 0 saturated heterocycles. The summed E-state index contributed by atoms with van der Waals surface area (Å²) in [4.78, 5) is 13.0. The SMILES string of the molecule is C[S+]([O-])c1ccc(C2=C(c3ccc(F)cc3F)C(=O)C(C)(C)O2)c(F)c1. The van der Waals surface area contributed by atoms with Crippen LogP contribution in [0.25, 0.3) is 11.3 Å². The predicted octanol–water partition coefficient (Wildman–Crippen LogP) is 4.09. The van der Waals surface area contributed by atoms with Crippen LogP contribution >= 0.6 is 0 Å². The topological polar surface area (TPSA) is 49.4 Å². The minimum Gasteiger partial charge on any atom is -0.612 e. The van der Waals surface area contributed by atoms with E-state index < -0.39 is 40.0 Å². The molecule has 0 aromatic heterocycles. The van der Waals surface area contributed by atoms with Gasteiger partial charge in [-0.05, 0) is 49.3 Å². The second kappa shape index (κ2) is 6.48. The van der Waals surface area contributed by atoms with E-state index in [-0.39, 0.29) is 27.4 Å². The van der Waals surface area contributed by atoms with Crippen LogP contribution in [0.5, 0.6) is 0 Å². The normalized spacial score (nSPS) is 17.4. The van der Waals surface area contributed by atoms with Gasteiger partial charge in [0, 0.05) is 17.7 Å². The summed E-state index contributed by atoms with van der Waals surface area (Å²) in [7, 11) is 0. The van der Waals surface area contributed by atoms with Gasteiger partial charge in [0.05, 0.1) is 11.1 Å². The molecule has 26 heavy (non-hydrogen) atoms. The van der Waals surface area contributed by atoms with Gasteiger partial charge in [-0.1, -0.05) is 0 Å². The summed E-state index contributed by atoms with van der Waals surface area (Å²) < 4.78 is 59.2. The lowest BCUT2D eigenvalue weighted by Gasteiger charge is -2.18. The van der Waals surface area contributed by atoms with Crippen LogP contribution in [0, 0.1) is 17.5 Å². The predicted molar refractivity (Wildman–Crippen MR) is 92.1 cm³/mol. The van der Waals surface area contributed by atoms with Crippen LogP contribution in [0.15, 0.2) is 41.3 Å². The molecule has 0 saturated carbocycles. The van der Waals surface area contributed by atoms with Gasteiger partial charge in [0.15, 0.2) is 10.5 Å². The Hall–Kier alpha value is -2.25. The largest absolute Gasteiger partial charge is 0.612 e. The van der Waals surface area contributed by atoms with Crippen LogP contribution in [0.2, 0.25) is 0 Å². The zero-order valence-electron chi connectivity index (χ0n) is 14.2. The van der Waals surface area contributed by atoms with Crippen LogP contribution < -0.4 is 0 Å². The van der Waals surface area contributed by atoms with Crippen molar-refractivity contribution in [2.45, 2.75) is 24.3 Å². The summed E-state index contributed by atoms with van der Waals surface area (Å²) in [5, 5.41) is 0. The smallest absolute Gasteiger partial charge is 0.210 e. The Bertz CT molecular complexity index is 936. The Morgan fingerprint density at radius 3 is 2.19 bits per heavy atom. The lowest BCUT2D eigenvalue weighted by atomic mass is 9.92. The molecule has 0 fully saturated rings. The number of carbonyl (C=O) groups excluding carboxylic acids is 1. The third kappa shape index (κ3) is 3.12. The highest BCUT2D eigenvalue weighted by Gasteiger charge is 2.44. The van der Waals surface area contributed by atoms with E-state index >= 15 is 0 Å². The third-order valence-electron chi connectivity index (χ3n) is 4.08. The molecule has 1 heterocycles. The van der Waals surface area contributed by atoms with Gasteiger partial charge in [-0.2, -0.15) is 0 Å². The molecule has 0 radical (unpaired) electrons. The number of carbonyl (C=O) groups is 1. The van der Waals surface area contributed by atoms with Crippen molar-refractivity contribution in [3.05, 3.63) is 65.0 Å². The molecule has 3 rings (SSSR count). The van der Waals surface area contributed by atoms with Gasteiger partial charge >= 0.3 is 0 Å². The maximum Gasteiger partial charge on any atom is 0.210 e. The highest BCUT2D eigenvalue weighted by Crippen LogP contribution is 2.42. The third-order valence-corrected chi connectivity index (χ3v) is 4.99. The van der Waals surface area contributed by atoms with Crippen LogP contribution in [0.4, 0.5) is 13.2 Å². The quantitative estimate of drug-likeness (QED) is 0.754. The number of hydrogen-bond donors (Lipinski definition) is 0. The van der Waals surface area contributed by atoms with Crippen molar-refractivity contribution in [1.29, 1.82) is 0 Å². The summed E-state index contributed by atoms with van der Waals surface area (Å²) in [6, 6.07) is 6.64. The van der Waals surface area contributed by atoms with Gasteiger partial charge in [-0.25, -0.2) is 13.2 Å². The molecule has 1 aliphatic heterocycles. The molecule has 7 heteroatoms. The lowest BCUT2D eigenvalue weighted by molar-refractivity contribution is -0.125. The Kier molecular flexibility index (Phi) is 4.62. The number of Topliss-reactive ketones (excluding diaryl/α,β-unsaturated/α-hetero) is 1. The summed E-state index contributed by atoms with van der Waals surface area (Å²) in [6.07, 6.45) is 1.41. The molecule has 3 nitrogen and oxygen atoms in total. The number of hydrogen-bond acceptors (Lipinski definition) is 3. The summed E-state index contributed by atoms with van der Waals surface area (Å²) in [6.45, 7) is 2.97. The Morgan fingerprint density at radius 1 is 1.00 bits per heavy atom. The van der Waals surface area contributed by atoms with Crippen LogP contribution in [-0.2, 0) is 20.7 Å². The molecule has 0 spiro atoms. The van der Waals surface area contributed by atoms with Gasteiger partial charge in [0.1, 0.15) is 29.5 Å². The summed E-state index contributed by atoms with van der Waals surface area (Å²) in [5.74, 6) is -3.16. The van der Waals surface area contributed by atoms with Crippen LogP contribution in [0.3, 0.4) is 0 Å². The lowest BCUT2D eigenvalue weighted by Crippen LogP contribution is -2.29. The van der Waals surface area contributed by atoms with E-state index in [9.17, 15) is 22.5 Å². The van der Waals surface area contributed by atoms with Crippen molar-refractivity contribution in [3.8, 4) is 0 Å². The van der Waals surface area contributed by atoms with E-state index in [2.05, 4.69) is 0 Å². The Balaban J connectivity index is 2.24. The minimum atomic E-state index is -1.39. The number of ether oxygens (including phenoxy) is 1. The second-order valence-corrected chi connectivity index (χ2v) is 7.75. The monoisotopic (exact) mass is 380 g/mol. The molecule has 0 amide bonds. The zero-order valence-corrected chi connectivity index (χ0v) is 15.0. The van der Waals surface area contributed by atoms with Crippen molar-refractivity contribution < 1.29 is 27.3 Å². The Labute approximate surface area is 151 Å². The van der Waals surface area contributed by atoms with E-state index in [1.807, 2.05) is 0 Å². The first-order valence-corrected chi connectivity index (χ1v) is 9.24. The summed E-state index contributed by atoms with van der Waals surface area (Å²) >= 11 is -1.39. The van der Waals surface area contributed by atoms with Crippen molar-refractivity contribution in [2.24, 2.45) is 0 Å². The van der Waals surface area contributed by atoms with Gasteiger partial charge in [-0.3, -0.25) is 4.79 Å². The van der Waals surface area contributed by atoms with Crippen molar-refractivity contribution in [3.63, 3.8) is 0 Å². The van der Waals surface area contributed by atoms with Crippen LogP contribution in [-0.4, -0.2) is 22.2 Å². The molecule has 0 bridgehead atoms. The fourth-order valence-electron chi connectivity index (χ4n) is 2.74. The first kappa shape index (κ1) is 18.5. The maximum atomic E-state index is 14.6. The number of rotatable bonds is 3. The number of ketones is 1. The average molecular weight is 380 g/mol. The van der Waals surface area contributed by atoms with Crippen molar-refractivity contribution in [1.82, 2.24) is 0 Å². The van der Waals surface area contributed by atoms with Gasteiger partial charge < -0.3 is 9.29 Å². The molecule has 1 atom stereocenters. The molecule has 2 aromatic rings. The van der Waals surface area contributed by atoms with Crippen molar-refractivity contribution in [2.75, 3.05) is 6.26 Å². The molecular formula is C19H15F3O3S. The van der Waals surface area contributed by atoms with E-state index in [1.165, 1.54) is 32.2 Å². The molecule has 0 N–H and O–H groups in total. The van der Waals surface area contributed by atoms with Gasteiger partial charge in [0.2, 0.25) is 5.78 Å². The van der Waals surface area contributed by atoms with Crippen molar-refractivity contribution >= 4 is 28.3 Å². The molecule has 1 aliphatic rings. The highest BCUT2D eigenvalue weighted by molar-refractivity contribution is 7.90. The van der Waals surface area contributed by atoms with E-state index in [1.54, 1.807) is 0 Å². The number of benzene rings is 2. The fourth-order valence-corrected chi connectivity index (χ4v) is 3.27. The zero-order chi connectivity index (χ0) is 19.2. The average Bonchev–Trinajstić information content (AvgIpc) is 2.78. The standard InChI is InChI=1S/C19H15F3O3S/c1-19(2)18(23)16(12-6-4-10(20)8-14(12)21)17(25-19)13-7-5-11(26(3)24)9-15(13)22/h4-9H,1-3H3. The first-order chi connectivity index (χ1) is 12.1. The second-order valence-electron chi connectivity index (χ2n) is 6.37. The van der Waals surface area contributed by atoms with E-state index in [0.717, 1.165) is 18.2 Å². The summed E-state index contributed by atoms with van der Waals surface area (Å²) in [5.41, 5.74) is -1.71. The molecule has 136 valence electrons. The van der Waals surface area contributed by atoms with E-state index in [0.29, 0.717) is 6.07 Å². The number of halogens is 3. The molecule has 2 aromatic carbocycles. The molecular weight excluding hydrogens is 365 g/mol. The highest BCUT2D eigenvalue weighted by atomic mass is 32.2. The molecule has 1 unspecified atom stereocenters. The van der Waals surface area contributed by atoms with E-state index in [4.69, 9.17) is 4.74 Å². The maximum absolute atomic E-state index is 14.6. The fraction of sp³-hybridized carbons (Fsp3) is 0.211.